The highest BCUT2D eigenvalue weighted by Gasteiger charge is 2.21. The maximum Gasteiger partial charge on any atom is 0.244 e. The van der Waals surface area contributed by atoms with Crippen LogP contribution >= 0.6 is 11.8 Å². The van der Waals surface area contributed by atoms with Crippen LogP contribution in [-0.4, -0.2) is 30.8 Å². The van der Waals surface area contributed by atoms with Crippen molar-refractivity contribution in [2.24, 2.45) is 0 Å². The van der Waals surface area contributed by atoms with Crippen LogP contribution in [0.3, 0.4) is 0 Å². The van der Waals surface area contributed by atoms with Crippen molar-refractivity contribution in [3.8, 4) is 0 Å². The van der Waals surface area contributed by atoms with E-state index in [1.54, 1.807) is 38.1 Å². The first-order valence-electron chi connectivity index (χ1n) is 6.87. The number of nitrogens with zero attached hydrogens (tertiary/aromatic N) is 2. The van der Waals surface area contributed by atoms with Gasteiger partial charge in [-0.2, -0.15) is 4.31 Å². The summed E-state index contributed by atoms with van der Waals surface area (Å²) in [7, 11) is -3.48. The molecule has 0 spiro atoms. The number of pyridine rings is 1. The van der Waals surface area contributed by atoms with Crippen molar-refractivity contribution in [3.05, 3.63) is 48.4 Å². The van der Waals surface area contributed by atoms with Gasteiger partial charge in [0.05, 0.1) is 0 Å². The third-order valence-corrected chi connectivity index (χ3v) is 6.08. The molecule has 22 heavy (non-hydrogen) atoms. The predicted octanol–water partition coefficient (Wildman–Crippen LogP) is 3.40. The largest absolute Gasteiger partial charge is 0.248 e. The Morgan fingerprint density at radius 2 is 1.73 bits per heavy atom. The highest BCUT2D eigenvalue weighted by Crippen LogP contribution is 2.27. The fraction of sp³-hybridized carbons (Fsp3) is 0.267. The van der Waals surface area contributed by atoms with Crippen LogP contribution in [0.15, 0.2) is 57.4 Å². The van der Waals surface area contributed by atoms with E-state index in [-0.39, 0.29) is 10.7 Å². The fourth-order valence-corrected chi connectivity index (χ4v) is 4.07. The highest BCUT2D eigenvalue weighted by atomic mass is 32.2. The molecule has 118 valence electrons. The summed E-state index contributed by atoms with van der Waals surface area (Å²) in [5, 5.41) is 0.658. The zero-order valence-corrected chi connectivity index (χ0v) is 14.0. The molecule has 0 unspecified atom stereocenters. The zero-order chi connectivity index (χ0) is 16.2. The molecule has 0 saturated heterocycles. The van der Waals surface area contributed by atoms with Crippen molar-refractivity contribution in [2.75, 3.05) is 13.1 Å². The van der Waals surface area contributed by atoms with E-state index < -0.39 is 10.0 Å². The Kier molecular flexibility index (Phi) is 5.55. The normalized spacial score (nSPS) is 11.8. The Balaban J connectivity index is 2.18. The second-order valence-corrected chi connectivity index (χ2v) is 7.51. The summed E-state index contributed by atoms with van der Waals surface area (Å²) >= 11 is 1.35. The molecule has 0 fully saturated rings. The second-order valence-electron chi connectivity index (χ2n) is 4.48. The maximum absolute atomic E-state index is 12.9. The number of aromatic nitrogens is 1. The van der Waals surface area contributed by atoms with Crippen LogP contribution in [0.25, 0.3) is 0 Å². The van der Waals surface area contributed by atoms with Gasteiger partial charge in [-0.25, -0.2) is 17.8 Å². The van der Waals surface area contributed by atoms with Crippen LogP contribution in [-0.2, 0) is 10.0 Å². The first-order chi connectivity index (χ1) is 10.5. The molecule has 0 N–H and O–H groups in total. The summed E-state index contributed by atoms with van der Waals surface area (Å²) in [6.45, 7) is 4.44. The number of sulfonamides is 1. The van der Waals surface area contributed by atoms with Gasteiger partial charge in [0.2, 0.25) is 10.0 Å². The summed E-state index contributed by atoms with van der Waals surface area (Å²) in [5.74, 6) is -0.294. The van der Waals surface area contributed by atoms with E-state index in [0.717, 1.165) is 4.90 Å². The maximum atomic E-state index is 12.9. The molecular weight excluding hydrogens is 323 g/mol. The van der Waals surface area contributed by atoms with Crippen molar-refractivity contribution in [3.63, 3.8) is 0 Å². The lowest BCUT2D eigenvalue weighted by Gasteiger charge is -2.18. The van der Waals surface area contributed by atoms with E-state index in [1.165, 1.54) is 34.4 Å². The lowest BCUT2D eigenvalue weighted by atomic mass is 10.4. The quantitative estimate of drug-likeness (QED) is 0.809. The zero-order valence-electron chi connectivity index (χ0n) is 12.4. The minimum Gasteiger partial charge on any atom is -0.248 e. The molecule has 1 aromatic heterocycles. The molecule has 1 aromatic carbocycles. The first kappa shape index (κ1) is 16.9. The Bertz CT molecular complexity index is 712. The van der Waals surface area contributed by atoms with Crippen LogP contribution in [0.1, 0.15) is 13.8 Å². The van der Waals surface area contributed by atoms with Crippen molar-refractivity contribution in [1.82, 2.24) is 9.29 Å². The topological polar surface area (TPSA) is 50.3 Å². The standard InChI is InChI=1S/C15H17FN2O2S2/c1-3-18(4-2)22(19,20)14-9-10-15(17-11-14)21-13-7-5-12(16)6-8-13/h5-11H,3-4H2,1-2H3. The molecule has 0 bridgehead atoms. The van der Waals surface area contributed by atoms with Crippen LogP contribution in [0.4, 0.5) is 4.39 Å². The summed E-state index contributed by atoms with van der Waals surface area (Å²) in [4.78, 5) is 5.20. The number of hydrogen-bond donors (Lipinski definition) is 0. The van der Waals surface area contributed by atoms with E-state index in [2.05, 4.69) is 4.98 Å². The first-order valence-corrected chi connectivity index (χ1v) is 9.12. The summed E-state index contributed by atoms with van der Waals surface area (Å²) in [5.41, 5.74) is 0. The van der Waals surface area contributed by atoms with Crippen molar-refractivity contribution < 1.29 is 12.8 Å². The summed E-state index contributed by atoms with van der Waals surface area (Å²) in [6, 6.07) is 9.27. The van der Waals surface area contributed by atoms with Gasteiger partial charge in [-0.15, -0.1) is 0 Å². The van der Waals surface area contributed by atoms with Gasteiger partial charge in [-0.3, -0.25) is 0 Å². The van der Waals surface area contributed by atoms with Gasteiger partial charge in [0.1, 0.15) is 15.7 Å². The van der Waals surface area contributed by atoms with Crippen LogP contribution in [0, 0.1) is 5.82 Å². The number of hydrogen-bond acceptors (Lipinski definition) is 4. The van der Waals surface area contributed by atoms with E-state index in [0.29, 0.717) is 18.1 Å². The second kappa shape index (κ2) is 7.21. The molecular formula is C15H17FN2O2S2. The molecule has 1 heterocycles. The highest BCUT2D eigenvalue weighted by molar-refractivity contribution is 7.99. The molecule has 2 aromatic rings. The molecule has 0 aliphatic rings. The van der Waals surface area contributed by atoms with Gasteiger partial charge in [-0.05, 0) is 36.4 Å². The van der Waals surface area contributed by atoms with Gasteiger partial charge in [0.25, 0.3) is 0 Å². The minimum atomic E-state index is -3.48. The summed E-state index contributed by atoms with van der Waals surface area (Å²) in [6.07, 6.45) is 1.36. The van der Waals surface area contributed by atoms with Crippen molar-refractivity contribution in [1.29, 1.82) is 0 Å². The summed E-state index contributed by atoms with van der Waals surface area (Å²) < 4.78 is 38.9. The molecule has 0 amide bonds. The predicted molar refractivity (Wildman–Crippen MR) is 84.9 cm³/mol. The van der Waals surface area contributed by atoms with Gasteiger partial charge in [0.15, 0.2) is 0 Å². The van der Waals surface area contributed by atoms with Crippen LogP contribution < -0.4 is 0 Å². The monoisotopic (exact) mass is 340 g/mol. The molecule has 0 saturated carbocycles. The number of benzene rings is 1. The molecule has 2 rings (SSSR count). The molecule has 0 aliphatic heterocycles. The Morgan fingerprint density at radius 1 is 1.09 bits per heavy atom. The Hall–Kier alpha value is -1.44. The average Bonchev–Trinajstić information content (AvgIpc) is 2.51. The molecule has 0 aliphatic carbocycles. The third-order valence-electron chi connectivity index (χ3n) is 3.09. The van der Waals surface area contributed by atoms with Crippen molar-refractivity contribution >= 4 is 21.8 Å². The average molecular weight is 340 g/mol. The van der Waals surface area contributed by atoms with Crippen LogP contribution in [0.5, 0.6) is 0 Å². The lowest BCUT2D eigenvalue weighted by molar-refractivity contribution is 0.445. The van der Waals surface area contributed by atoms with Gasteiger partial charge in [-0.1, -0.05) is 25.6 Å². The van der Waals surface area contributed by atoms with E-state index in [4.69, 9.17) is 0 Å². The molecule has 7 heteroatoms. The van der Waals surface area contributed by atoms with Gasteiger partial charge in [0, 0.05) is 24.2 Å². The number of rotatable bonds is 6. The fourth-order valence-electron chi connectivity index (χ4n) is 1.92. The smallest absolute Gasteiger partial charge is 0.244 e. The Labute approximate surface area is 134 Å². The van der Waals surface area contributed by atoms with Gasteiger partial charge < -0.3 is 0 Å². The molecule has 0 radical (unpaired) electrons. The lowest BCUT2D eigenvalue weighted by Crippen LogP contribution is -2.30. The molecule has 0 atom stereocenters. The SMILES string of the molecule is CCN(CC)S(=O)(=O)c1ccc(Sc2ccc(F)cc2)nc1. The molecule has 4 nitrogen and oxygen atoms in total. The number of halogens is 1. The van der Waals surface area contributed by atoms with E-state index in [1.807, 2.05) is 0 Å². The third kappa shape index (κ3) is 3.85. The van der Waals surface area contributed by atoms with E-state index in [9.17, 15) is 12.8 Å². The van der Waals surface area contributed by atoms with Gasteiger partial charge >= 0.3 is 0 Å². The van der Waals surface area contributed by atoms with Crippen molar-refractivity contribution in [2.45, 2.75) is 28.7 Å². The Morgan fingerprint density at radius 3 is 2.23 bits per heavy atom. The van der Waals surface area contributed by atoms with E-state index >= 15 is 0 Å². The van der Waals surface area contributed by atoms with Crippen LogP contribution in [0.2, 0.25) is 0 Å². The minimum absolute atomic E-state index is 0.180.